The van der Waals surface area contributed by atoms with Crippen molar-refractivity contribution in [1.82, 2.24) is 9.78 Å². The van der Waals surface area contributed by atoms with Crippen LogP contribution >= 0.6 is 11.6 Å². The second-order valence-corrected chi connectivity index (χ2v) is 6.09. The molecule has 0 bridgehead atoms. The molecular formula is C11H9ClFN3O4S. The van der Waals surface area contributed by atoms with Gasteiger partial charge >= 0.3 is 5.97 Å². The van der Waals surface area contributed by atoms with E-state index in [1.54, 1.807) is 0 Å². The highest BCUT2D eigenvalue weighted by atomic mass is 35.5. The molecule has 0 aliphatic heterocycles. The molecule has 21 heavy (non-hydrogen) atoms. The SMILES string of the molecule is O=C(O)Cn1cc(S(=O)(=O)Nc2ccc(F)cc2Cl)cn1. The lowest BCUT2D eigenvalue weighted by molar-refractivity contribution is -0.137. The van der Waals surface area contributed by atoms with Crippen LogP contribution in [0.4, 0.5) is 10.1 Å². The van der Waals surface area contributed by atoms with E-state index in [9.17, 15) is 17.6 Å². The van der Waals surface area contributed by atoms with Gasteiger partial charge < -0.3 is 5.11 Å². The van der Waals surface area contributed by atoms with Crippen molar-refractivity contribution in [1.29, 1.82) is 0 Å². The van der Waals surface area contributed by atoms with Gasteiger partial charge in [0, 0.05) is 6.20 Å². The minimum atomic E-state index is -4.00. The van der Waals surface area contributed by atoms with Gasteiger partial charge in [-0.2, -0.15) is 5.10 Å². The lowest BCUT2D eigenvalue weighted by Crippen LogP contribution is -2.13. The van der Waals surface area contributed by atoms with Crippen LogP contribution in [0.25, 0.3) is 0 Å². The predicted octanol–water partition coefficient (Wildman–Crippen LogP) is 1.56. The highest BCUT2D eigenvalue weighted by Gasteiger charge is 2.18. The number of benzene rings is 1. The molecule has 0 atom stereocenters. The Balaban J connectivity index is 2.25. The molecule has 0 saturated heterocycles. The van der Waals surface area contributed by atoms with Crippen molar-refractivity contribution in [2.75, 3.05) is 4.72 Å². The average Bonchev–Trinajstić information content (AvgIpc) is 2.81. The molecule has 0 aliphatic rings. The summed E-state index contributed by atoms with van der Waals surface area (Å²) in [7, 11) is -4.00. The fourth-order valence-electron chi connectivity index (χ4n) is 1.48. The smallest absolute Gasteiger partial charge is 0.325 e. The van der Waals surface area contributed by atoms with E-state index < -0.39 is 28.4 Å². The number of nitrogens with one attached hydrogen (secondary N) is 1. The fraction of sp³-hybridized carbons (Fsp3) is 0.0909. The maximum Gasteiger partial charge on any atom is 0.325 e. The number of sulfonamides is 1. The molecule has 2 N–H and O–H groups in total. The summed E-state index contributed by atoms with van der Waals surface area (Å²) >= 11 is 5.73. The summed E-state index contributed by atoms with van der Waals surface area (Å²) < 4.78 is 40.2. The van der Waals surface area contributed by atoms with Crippen molar-refractivity contribution >= 4 is 33.3 Å². The monoisotopic (exact) mass is 333 g/mol. The standard InChI is InChI=1S/C11H9ClFN3O4S/c12-9-3-7(13)1-2-10(9)15-21(19,20)8-4-14-16(5-8)6-11(17)18/h1-5,15H,6H2,(H,17,18). The first-order valence-corrected chi connectivity index (χ1v) is 7.36. The molecule has 0 amide bonds. The third-order valence-corrected chi connectivity index (χ3v) is 4.03. The molecule has 112 valence electrons. The summed E-state index contributed by atoms with van der Waals surface area (Å²) in [6.07, 6.45) is 2.07. The van der Waals surface area contributed by atoms with Crippen LogP contribution in [-0.2, 0) is 21.4 Å². The highest BCUT2D eigenvalue weighted by molar-refractivity contribution is 7.92. The summed E-state index contributed by atoms with van der Waals surface area (Å²) in [4.78, 5) is 10.3. The summed E-state index contributed by atoms with van der Waals surface area (Å²) in [5.74, 6) is -1.76. The maximum atomic E-state index is 12.9. The zero-order valence-corrected chi connectivity index (χ0v) is 11.9. The number of anilines is 1. The summed E-state index contributed by atoms with van der Waals surface area (Å²) in [6.45, 7) is -0.465. The van der Waals surface area contributed by atoms with E-state index in [2.05, 4.69) is 9.82 Å². The molecule has 0 radical (unpaired) electrons. The highest BCUT2D eigenvalue weighted by Crippen LogP contribution is 2.25. The number of hydrogen-bond acceptors (Lipinski definition) is 4. The van der Waals surface area contributed by atoms with Gasteiger partial charge in [-0.15, -0.1) is 0 Å². The van der Waals surface area contributed by atoms with Crippen molar-refractivity contribution in [3.05, 3.63) is 41.4 Å². The van der Waals surface area contributed by atoms with Crippen molar-refractivity contribution in [3.8, 4) is 0 Å². The number of halogens is 2. The molecule has 0 fully saturated rings. The summed E-state index contributed by atoms with van der Waals surface area (Å²) in [6, 6.07) is 3.20. The number of rotatable bonds is 5. The van der Waals surface area contributed by atoms with Gasteiger partial charge in [0.25, 0.3) is 10.0 Å². The van der Waals surface area contributed by atoms with Crippen LogP contribution in [0.15, 0.2) is 35.5 Å². The van der Waals surface area contributed by atoms with Gasteiger partial charge in [0.2, 0.25) is 0 Å². The van der Waals surface area contributed by atoms with Crippen LogP contribution < -0.4 is 4.72 Å². The van der Waals surface area contributed by atoms with Crippen molar-refractivity contribution in [2.45, 2.75) is 11.4 Å². The molecule has 2 aromatic rings. The quantitative estimate of drug-likeness (QED) is 0.864. The van der Waals surface area contributed by atoms with Gasteiger partial charge in [0.15, 0.2) is 0 Å². The summed E-state index contributed by atoms with van der Waals surface area (Å²) in [5, 5.41) is 12.1. The van der Waals surface area contributed by atoms with Crippen molar-refractivity contribution in [3.63, 3.8) is 0 Å². The van der Waals surface area contributed by atoms with Gasteiger partial charge in [0.05, 0.1) is 16.9 Å². The van der Waals surface area contributed by atoms with Crippen LogP contribution in [0.3, 0.4) is 0 Å². The number of nitrogens with zero attached hydrogens (tertiary/aromatic N) is 2. The van der Waals surface area contributed by atoms with E-state index in [4.69, 9.17) is 16.7 Å². The Hall–Kier alpha value is -2.13. The number of aromatic nitrogens is 2. The fourth-order valence-corrected chi connectivity index (χ4v) is 2.79. The molecule has 0 spiro atoms. The Morgan fingerprint density at radius 2 is 2.19 bits per heavy atom. The number of carboxylic acids is 1. The van der Waals surface area contributed by atoms with E-state index in [-0.39, 0.29) is 15.6 Å². The molecule has 0 saturated carbocycles. The molecule has 1 aromatic carbocycles. The first kappa shape index (κ1) is 15.3. The van der Waals surface area contributed by atoms with Crippen molar-refractivity contribution in [2.24, 2.45) is 0 Å². The summed E-state index contributed by atoms with van der Waals surface area (Å²) in [5.41, 5.74) is 0.00375. The predicted molar refractivity (Wildman–Crippen MR) is 72.1 cm³/mol. The van der Waals surface area contributed by atoms with Crippen LogP contribution in [0, 0.1) is 5.82 Å². The Bertz CT molecular complexity index is 791. The van der Waals surface area contributed by atoms with E-state index in [0.717, 1.165) is 29.2 Å². The number of carboxylic acid groups (broad SMARTS) is 1. The molecule has 0 unspecified atom stereocenters. The average molecular weight is 334 g/mol. The van der Waals surface area contributed by atoms with Gasteiger partial charge in [0.1, 0.15) is 17.3 Å². The largest absolute Gasteiger partial charge is 0.480 e. The Labute approximate surface area is 124 Å². The molecule has 2 rings (SSSR count). The van der Waals surface area contributed by atoms with E-state index >= 15 is 0 Å². The zero-order chi connectivity index (χ0) is 15.6. The zero-order valence-electron chi connectivity index (χ0n) is 10.3. The maximum absolute atomic E-state index is 12.9. The van der Waals surface area contributed by atoms with Crippen LogP contribution in [0.1, 0.15) is 0 Å². The third kappa shape index (κ3) is 3.70. The van der Waals surface area contributed by atoms with E-state index in [1.165, 1.54) is 6.07 Å². The second kappa shape index (κ2) is 5.70. The van der Waals surface area contributed by atoms with Gasteiger partial charge in [-0.3, -0.25) is 14.2 Å². The molecule has 10 heteroatoms. The van der Waals surface area contributed by atoms with Crippen LogP contribution in [-0.4, -0.2) is 29.3 Å². The Morgan fingerprint density at radius 1 is 1.48 bits per heavy atom. The Kier molecular flexibility index (Phi) is 4.14. The van der Waals surface area contributed by atoms with E-state index in [1.807, 2.05) is 0 Å². The van der Waals surface area contributed by atoms with Crippen molar-refractivity contribution < 1.29 is 22.7 Å². The van der Waals surface area contributed by atoms with Gasteiger partial charge in [-0.05, 0) is 18.2 Å². The number of carbonyl (C=O) groups is 1. The second-order valence-electron chi connectivity index (χ2n) is 4.00. The first-order valence-electron chi connectivity index (χ1n) is 5.50. The minimum absolute atomic E-state index is 0.00375. The topological polar surface area (TPSA) is 101 Å². The lowest BCUT2D eigenvalue weighted by atomic mass is 10.3. The molecular weight excluding hydrogens is 325 g/mol. The van der Waals surface area contributed by atoms with E-state index in [0.29, 0.717) is 0 Å². The lowest BCUT2D eigenvalue weighted by Gasteiger charge is -2.07. The molecule has 1 heterocycles. The third-order valence-electron chi connectivity index (χ3n) is 2.39. The molecule has 1 aromatic heterocycles. The first-order chi connectivity index (χ1) is 9.78. The normalized spacial score (nSPS) is 11.3. The van der Waals surface area contributed by atoms with Gasteiger partial charge in [-0.1, -0.05) is 11.6 Å². The Morgan fingerprint density at radius 3 is 2.81 bits per heavy atom. The minimum Gasteiger partial charge on any atom is -0.480 e. The molecule has 7 nitrogen and oxygen atoms in total. The molecule has 0 aliphatic carbocycles. The van der Waals surface area contributed by atoms with Crippen LogP contribution in [0.2, 0.25) is 5.02 Å². The van der Waals surface area contributed by atoms with Crippen LogP contribution in [0.5, 0.6) is 0 Å². The van der Waals surface area contributed by atoms with Gasteiger partial charge in [-0.25, -0.2) is 12.8 Å². The number of hydrogen-bond donors (Lipinski definition) is 2. The number of aliphatic carboxylic acids is 1.